The number of fused-ring (bicyclic) bond motifs is 1. The van der Waals surface area contributed by atoms with Crippen LogP contribution in [0.3, 0.4) is 0 Å². The van der Waals surface area contributed by atoms with Crippen LogP contribution in [0, 0.1) is 0 Å². The average Bonchev–Trinajstić information content (AvgIpc) is 2.68. The first kappa shape index (κ1) is 20.4. The lowest BCUT2D eigenvalue weighted by Crippen LogP contribution is -2.39. The van der Waals surface area contributed by atoms with Crippen molar-refractivity contribution in [2.75, 3.05) is 33.4 Å². The smallest absolute Gasteiger partial charge is 0.243 e. The van der Waals surface area contributed by atoms with Gasteiger partial charge in [0, 0.05) is 18.6 Å². The fourth-order valence-corrected chi connectivity index (χ4v) is 3.97. The van der Waals surface area contributed by atoms with Crippen LogP contribution in [0.4, 0.5) is 0 Å². The van der Waals surface area contributed by atoms with E-state index in [2.05, 4.69) is 5.32 Å². The second-order valence-electron chi connectivity index (χ2n) is 6.29. The summed E-state index contributed by atoms with van der Waals surface area (Å²) in [6.45, 7) is 1.16. The van der Waals surface area contributed by atoms with Crippen LogP contribution in [0.5, 0.6) is 11.5 Å². The van der Waals surface area contributed by atoms with Crippen molar-refractivity contribution in [2.24, 2.45) is 0 Å². The summed E-state index contributed by atoms with van der Waals surface area (Å²) in [7, 11) is -2.39. The maximum absolute atomic E-state index is 12.5. The van der Waals surface area contributed by atoms with Crippen molar-refractivity contribution in [2.45, 2.75) is 11.3 Å². The van der Waals surface area contributed by atoms with Crippen molar-refractivity contribution in [1.29, 1.82) is 0 Å². The number of nitrogens with zero attached hydrogens (tertiary/aromatic N) is 1. The standard InChI is InChI=1S/C19H21ClN2O5S/c1-22(28(24,25)16-5-3-15(20)4-6-16)13-19(23)21-9-8-14-2-7-17-18(12-14)27-11-10-26-17/h2-7,12H,8-11,13H2,1H3,(H,21,23). The molecule has 2 aromatic rings. The fraction of sp³-hybridized carbons (Fsp3) is 0.316. The van der Waals surface area contributed by atoms with E-state index in [4.69, 9.17) is 21.1 Å². The Hall–Kier alpha value is -2.29. The molecule has 9 heteroatoms. The van der Waals surface area contributed by atoms with E-state index < -0.39 is 10.0 Å². The Kier molecular flexibility index (Phi) is 6.43. The minimum absolute atomic E-state index is 0.0866. The minimum atomic E-state index is -3.75. The first-order chi connectivity index (χ1) is 13.4. The maximum Gasteiger partial charge on any atom is 0.243 e. The Bertz CT molecular complexity index is 947. The van der Waals surface area contributed by atoms with Crippen LogP contribution >= 0.6 is 11.6 Å². The monoisotopic (exact) mass is 424 g/mol. The number of carbonyl (C=O) groups excluding carboxylic acids is 1. The van der Waals surface area contributed by atoms with Crippen molar-refractivity contribution in [3.8, 4) is 11.5 Å². The zero-order valence-electron chi connectivity index (χ0n) is 15.4. The van der Waals surface area contributed by atoms with E-state index in [9.17, 15) is 13.2 Å². The summed E-state index contributed by atoms with van der Waals surface area (Å²) in [6, 6.07) is 11.5. The number of carbonyl (C=O) groups is 1. The van der Waals surface area contributed by atoms with E-state index in [0.717, 1.165) is 9.87 Å². The van der Waals surface area contributed by atoms with Crippen molar-refractivity contribution >= 4 is 27.5 Å². The molecule has 1 heterocycles. The molecule has 0 bridgehead atoms. The fourth-order valence-electron chi connectivity index (χ4n) is 2.72. The molecule has 0 unspecified atom stereocenters. The molecule has 0 fully saturated rings. The number of halogens is 1. The van der Waals surface area contributed by atoms with Crippen LogP contribution in [-0.2, 0) is 21.2 Å². The molecule has 7 nitrogen and oxygen atoms in total. The maximum atomic E-state index is 12.5. The van der Waals surface area contributed by atoms with Crippen LogP contribution in [0.2, 0.25) is 5.02 Å². The SMILES string of the molecule is CN(CC(=O)NCCc1ccc2c(c1)OCCO2)S(=O)(=O)c1ccc(Cl)cc1. The van der Waals surface area contributed by atoms with E-state index in [1.54, 1.807) is 0 Å². The molecule has 150 valence electrons. The molecule has 2 aromatic carbocycles. The molecule has 1 aliphatic heterocycles. The normalized spacial score (nSPS) is 13.4. The predicted molar refractivity (Wildman–Crippen MR) is 105 cm³/mol. The third-order valence-electron chi connectivity index (χ3n) is 4.23. The summed E-state index contributed by atoms with van der Waals surface area (Å²) in [5, 5.41) is 3.18. The summed E-state index contributed by atoms with van der Waals surface area (Å²) in [4.78, 5) is 12.2. The molecule has 0 radical (unpaired) electrons. The summed E-state index contributed by atoms with van der Waals surface area (Å²) in [5.41, 5.74) is 0.992. The molecule has 0 spiro atoms. The minimum Gasteiger partial charge on any atom is -0.486 e. The molecule has 0 saturated carbocycles. The van der Waals surface area contributed by atoms with E-state index in [0.29, 0.717) is 42.7 Å². The molecule has 1 aliphatic rings. The quantitative estimate of drug-likeness (QED) is 0.735. The molecule has 0 saturated heterocycles. The Balaban J connectivity index is 1.50. The molecule has 0 aromatic heterocycles. The first-order valence-electron chi connectivity index (χ1n) is 8.73. The number of sulfonamides is 1. The van der Waals surface area contributed by atoms with Gasteiger partial charge in [-0.1, -0.05) is 17.7 Å². The second kappa shape index (κ2) is 8.81. The molecule has 3 rings (SSSR count). The number of hydrogen-bond acceptors (Lipinski definition) is 5. The number of amides is 1. The van der Waals surface area contributed by atoms with Crippen LogP contribution in [0.15, 0.2) is 47.4 Å². The number of nitrogens with one attached hydrogen (secondary N) is 1. The average molecular weight is 425 g/mol. The lowest BCUT2D eigenvalue weighted by Gasteiger charge is -2.19. The molecule has 1 amide bonds. The van der Waals surface area contributed by atoms with Gasteiger partial charge < -0.3 is 14.8 Å². The van der Waals surface area contributed by atoms with Crippen LogP contribution in [-0.4, -0.2) is 52.0 Å². The van der Waals surface area contributed by atoms with Crippen LogP contribution in [0.1, 0.15) is 5.56 Å². The van der Waals surface area contributed by atoms with Gasteiger partial charge in [0.2, 0.25) is 15.9 Å². The van der Waals surface area contributed by atoms with E-state index >= 15 is 0 Å². The highest BCUT2D eigenvalue weighted by molar-refractivity contribution is 7.89. The van der Waals surface area contributed by atoms with Crippen molar-refractivity contribution in [1.82, 2.24) is 9.62 Å². The van der Waals surface area contributed by atoms with Crippen molar-refractivity contribution < 1.29 is 22.7 Å². The molecular formula is C19H21ClN2O5S. The number of rotatable bonds is 7. The number of likely N-dealkylation sites (N-methyl/N-ethyl adjacent to an activating group) is 1. The molecular weight excluding hydrogens is 404 g/mol. The third-order valence-corrected chi connectivity index (χ3v) is 6.30. The van der Waals surface area contributed by atoms with Gasteiger partial charge in [0.15, 0.2) is 11.5 Å². The van der Waals surface area contributed by atoms with Gasteiger partial charge in [-0.25, -0.2) is 8.42 Å². The molecule has 28 heavy (non-hydrogen) atoms. The largest absolute Gasteiger partial charge is 0.486 e. The molecule has 1 N–H and O–H groups in total. The van der Waals surface area contributed by atoms with Gasteiger partial charge in [0.25, 0.3) is 0 Å². The predicted octanol–water partition coefficient (Wildman–Crippen LogP) is 2.09. The Labute approximate surface area is 169 Å². The number of hydrogen-bond donors (Lipinski definition) is 1. The molecule has 0 aliphatic carbocycles. The highest BCUT2D eigenvalue weighted by Gasteiger charge is 2.22. The van der Waals surface area contributed by atoms with Gasteiger partial charge >= 0.3 is 0 Å². The van der Waals surface area contributed by atoms with Gasteiger partial charge in [-0.15, -0.1) is 0 Å². The van der Waals surface area contributed by atoms with Crippen LogP contribution in [0.25, 0.3) is 0 Å². The Morgan fingerprint density at radius 3 is 2.50 bits per heavy atom. The van der Waals surface area contributed by atoms with E-state index in [1.165, 1.54) is 31.3 Å². The zero-order valence-corrected chi connectivity index (χ0v) is 16.9. The second-order valence-corrected chi connectivity index (χ2v) is 8.77. The van der Waals surface area contributed by atoms with Crippen molar-refractivity contribution in [3.05, 3.63) is 53.1 Å². The topological polar surface area (TPSA) is 84.9 Å². The summed E-state index contributed by atoms with van der Waals surface area (Å²) in [6.07, 6.45) is 0.593. The van der Waals surface area contributed by atoms with Gasteiger partial charge in [0.05, 0.1) is 11.4 Å². The van der Waals surface area contributed by atoms with Gasteiger partial charge in [-0.3, -0.25) is 4.79 Å². The van der Waals surface area contributed by atoms with Gasteiger partial charge in [-0.05, 0) is 48.4 Å². The highest BCUT2D eigenvalue weighted by atomic mass is 35.5. The Morgan fingerprint density at radius 1 is 1.11 bits per heavy atom. The highest BCUT2D eigenvalue weighted by Crippen LogP contribution is 2.30. The Morgan fingerprint density at radius 2 is 1.79 bits per heavy atom. The third kappa shape index (κ3) is 4.95. The number of ether oxygens (including phenoxy) is 2. The van der Waals surface area contributed by atoms with Crippen LogP contribution < -0.4 is 14.8 Å². The van der Waals surface area contributed by atoms with Gasteiger partial charge in [-0.2, -0.15) is 4.31 Å². The van der Waals surface area contributed by atoms with E-state index in [-0.39, 0.29) is 17.3 Å². The molecule has 0 atom stereocenters. The summed E-state index contributed by atoms with van der Waals surface area (Å²) >= 11 is 5.79. The summed E-state index contributed by atoms with van der Waals surface area (Å²) in [5.74, 6) is 1.04. The zero-order chi connectivity index (χ0) is 20.1. The summed E-state index contributed by atoms with van der Waals surface area (Å²) < 4.78 is 37.0. The van der Waals surface area contributed by atoms with Gasteiger partial charge in [0.1, 0.15) is 13.2 Å². The lowest BCUT2D eigenvalue weighted by molar-refractivity contribution is -0.121. The van der Waals surface area contributed by atoms with E-state index in [1.807, 2.05) is 18.2 Å². The number of benzene rings is 2. The first-order valence-corrected chi connectivity index (χ1v) is 10.6. The van der Waals surface area contributed by atoms with Crippen molar-refractivity contribution in [3.63, 3.8) is 0 Å². The lowest BCUT2D eigenvalue weighted by atomic mass is 10.1.